The van der Waals surface area contributed by atoms with Gasteiger partial charge in [-0.15, -0.1) is 21.5 Å². The third-order valence-corrected chi connectivity index (χ3v) is 14.0. The van der Waals surface area contributed by atoms with Crippen LogP contribution in [0.1, 0.15) is 80.8 Å². The van der Waals surface area contributed by atoms with Crippen LogP contribution >= 0.6 is 36.4 Å². The van der Waals surface area contributed by atoms with E-state index in [2.05, 4.69) is 70.1 Å². The molecular weight excluding hydrogens is 892 g/mol. The Morgan fingerprint density at radius 3 is 2.27 bits per heavy atom. The molecule has 2 aliphatic carbocycles. The average molecular weight is 948 g/mol. The minimum absolute atomic E-state index is 0. The van der Waals surface area contributed by atoms with E-state index in [1.807, 2.05) is 61.7 Å². The number of thiophene rings is 1. The molecule has 1 atom stereocenters. The maximum atomic E-state index is 13.6. The van der Waals surface area contributed by atoms with Crippen molar-refractivity contribution in [3.63, 3.8) is 0 Å². The van der Waals surface area contributed by atoms with E-state index in [0.29, 0.717) is 81.6 Å². The van der Waals surface area contributed by atoms with Gasteiger partial charge in [0, 0.05) is 58.6 Å². The first-order valence-electron chi connectivity index (χ1n) is 22.3. The number of carbonyl (C=O) groups excluding carboxylic acids is 2. The number of pyridine rings is 1. The van der Waals surface area contributed by atoms with Crippen molar-refractivity contribution < 1.29 is 28.5 Å². The Balaban J connectivity index is 0.00000592. The zero-order valence-electron chi connectivity index (χ0n) is 37.7. The van der Waals surface area contributed by atoms with Crippen LogP contribution in [0, 0.1) is 27.7 Å². The largest absolute Gasteiger partial charge is 0.491 e. The van der Waals surface area contributed by atoms with E-state index in [1.54, 1.807) is 11.3 Å². The normalized spacial score (nSPS) is 15.4. The summed E-state index contributed by atoms with van der Waals surface area (Å²) in [4.78, 5) is 37.2. The number of halogens is 1. The number of benzene rings is 3. The van der Waals surface area contributed by atoms with Crippen molar-refractivity contribution in [1.82, 2.24) is 19.7 Å². The lowest BCUT2D eigenvalue weighted by atomic mass is 9.93. The van der Waals surface area contributed by atoms with E-state index in [9.17, 15) is 9.59 Å². The molecule has 1 aliphatic heterocycles. The van der Waals surface area contributed by atoms with E-state index >= 15 is 0 Å². The number of anilines is 1. The van der Waals surface area contributed by atoms with Crippen LogP contribution in [0.25, 0.3) is 16.1 Å². The molecule has 0 bridgehead atoms. The van der Waals surface area contributed by atoms with Gasteiger partial charge in [-0.1, -0.05) is 48.0 Å². The number of Topliss-reactive ketones (excluding diaryl/α,β-unsaturated/α-hetero) is 2. The fourth-order valence-corrected chi connectivity index (χ4v) is 10.2. The van der Waals surface area contributed by atoms with Crippen LogP contribution in [0.2, 0.25) is 5.02 Å². The number of aromatic nitrogens is 4. The van der Waals surface area contributed by atoms with E-state index in [1.165, 1.54) is 16.0 Å². The number of carbonyl (C=O) groups is 2. The second-order valence-corrected chi connectivity index (χ2v) is 18.7. The number of rotatable bonds is 20. The van der Waals surface area contributed by atoms with Crippen molar-refractivity contribution >= 4 is 59.5 Å². The summed E-state index contributed by atoms with van der Waals surface area (Å²) in [6, 6.07) is 23.3. The number of hydrogen-bond donors (Lipinski definition) is 1. The molecule has 0 saturated heterocycles. The highest BCUT2D eigenvalue weighted by atomic mass is 35.5. The maximum Gasteiger partial charge on any atom is 0.163 e. The van der Waals surface area contributed by atoms with Crippen LogP contribution in [0.15, 0.2) is 84.0 Å². The van der Waals surface area contributed by atoms with Crippen molar-refractivity contribution in [2.45, 2.75) is 71.3 Å². The molecule has 15 heteroatoms. The minimum atomic E-state index is -0.505. The molecule has 1 saturated carbocycles. The maximum absolute atomic E-state index is 13.6. The summed E-state index contributed by atoms with van der Waals surface area (Å²) in [6.07, 6.45) is 4.88. The highest BCUT2D eigenvalue weighted by Crippen LogP contribution is 2.55. The number of nitrogens with one attached hydrogen (secondary N) is 1. The molecule has 1 N–H and O–H groups in total. The van der Waals surface area contributed by atoms with E-state index < -0.39 is 6.04 Å². The first-order valence-corrected chi connectivity index (χ1v) is 23.5. The van der Waals surface area contributed by atoms with Crippen molar-refractivity contribution in [3.05, 3.63) is 139 Å². The molecule has 0 amide bonds. The number of hydrogen-bond acceptors (Lipinski definition) is 12. The monoisotopic (exact) mass is 946 g/mol. The predicted octanol–water partition coefficient (Wildman–Crippen LogP) is 9.18. The summed E-state index contributed by atoms with van der Waals surface area (Å²) in [5.41, 5.74) is 10.4. The molecule has 4 heterocycles. The number of fused-ring (bicyclic) bond motifs is 5. The topological polar surface area (TPSA) is 139 Å². The lowest BCUT2D eigenvalue weighted by Crippen LogP contribution is -2.15. The Kier molecular flexibility index (Phi) is 14.9. The van der Waals surface area contributed by atoms with Crippen LogP contribution < -0.4 is 10.1 Å². The lowest BCUT2D eigenvalue weighted by molar-refractivity contribution is -0.120. The molecular formula is C51H55ClN6O6S2. The van der Waals surface area contributed by atoms with Gasteiger partial charge in [0.05, 0.1) is 50.8 Å². The van der Waals surface area contributed by atoms with Gasteiger partial charge in [-0.3, -0.25) is 19.1 Å². The lowest BCUT2D eigenvalue weighted by Gasteiger charge is -2.13. The van der Waals surface area contributed by atoms with Gasteiger partial charge in [-0.25, -0.2) is 4.98 Å². The Hall–Kier alpha value is -5.22. The van der Waals surface area contributed by atoms with Crippen LogP contribution in [0.5, 0.6) is 5.75 Å². The molecule has 3 aliphatic rings. The fraction of sp³-hybridized carbons (Fsp3) is 0.373. The molecule has 344 valence electrons. The fourth-order valence-electron chi connectivity index (χ4n) is 8.83. The van der Waals surface area contributed by atoms with Gasteiger partial charge in [0.25, 0.3) is 0 Å². The number of nitrogens with zero attached hydrogens (tertiary/aromatic N) is 5. The van der Waals surface area contributed by atoms with Gasteiger partial charge in [0.2, 0.25) is 0 Å². The van der Waals surface area contributed by atoms with Crippen molar-refractivity contribution in [1.29, 1.82) is 0 Å². The van der Waals surface area contributed by atoms with Crippen molar-refractivity contribution in [2.24, 2.45) is 4.99 Å². The summed E-state index contributed by atoms with van der Waals surface area (Å²) in [5.74, 6) is 3.37. The van der Waals surface area contributed by atoms with E-state index in [0.717, 1.165) is 74.1 Å². The molecule has 66 heavy (non-hydrogen) atoms. The molecule has 0 radical (unpaired) electrons. The standard InChI is InChI=1S/C51H53ClN6O6S.H2S/c1-31-25-46(54-30-42(31)37-7-8-38-28-45(60)51(15-16-51)43(38)27-37)53-17-18-61-19-20-62-21-22-63-23-24-64-41-13-5-35(6-14-41)26-40(59)29-44-49-57-56-34(4)58(49)50-47(32(2)33(3)65-50)48(55-44)36-9-11-39(52)12-10-36;/h5-14,25,27,30,44H,15-24,26,28-29H2,1-4H3,(H,53,54);1H2/t44-;/m0./s1. The third-order valence-electron chi connectivity index (χ3n) is 12.6. The number of aryl methyl sites for hydroxylation is 3. The minimum Gasteiger partial charge on any atom is -0.491 e. The second kappa shape index (κ2) is 20.7. The van der Waals surface area contributed by atoms with Crippen LogP contribution in [0.4, 0.5) is 5.82 Å². The molecule has 6 aromatic rings. The smallest absolute Gasteiger partial charge is 0.163 e. The Bertz CT molecular complexity index is 2750. The van der Waals surface area contributed by atoms with Crippen LogP contribution in [0.3, 0.4) is 0 Å². The second-order valence-electron chi connectivity index (χ2n) is 17.0. The molecule has 9 rings (SSSR count). The Labute approximate surface area is 401 Å². The summed E-state index contributed by atoms with van der Waals surface area (Å²) >= 11 is 7.94. The molecule has 3 aromatic carbocycles. The quantitative estimate of drug-likeness (QED) is 0.0738. The number of ether oxygens (including phenoxy) is 4. The SMILES string of the molecule is Cc1cc(NCCOCCOCCOCCOc2ccc(CC(=O)C[C@@H]3N=C(c4ccc(Cl)cc4)c4c(sc(C)c4C)-n4c(C)nnc43)cc2)ncc1-c1ccc2c(c1)C1(CC1)C(=O)C2.S. The van der Waals surface area contributed by atoms with Crippen LogP contribution in [-0.4, -0.2) is 89.8 Å². The molecule has 12 nitrogen and oxygen atoms in total. The molecule has 3 aromatic heterocycles. The molecule has 1 spiro atoms. The molecule has 0 unspecified atom stereocenters. The van der Waals surface area contributed by atoms with Crippen LogP contribution in [-0.2, 0) is 42.1 Å². The summed E-state index contributed by atoms with van der Waals surface area (Å²) in [6.45, 7) is 12.1. The van der Waals surface area contributed by atoms with Gasteiger partial charge >= 0.3 is 0 Å². The third kappa shape index (κ3) is 10.2. The molecule has 1 fully saturated rings. The first-order chi connectivity index (χ1) is 31.6. The van der Waals surface area contributed by atoms with Gasteiger partial charge in [0.15, 0.2) is 5.82 Å². The van der Waals surface area contributed by atoms with E-state index in [-0.39, 0.29) is 37.5 Å². The predicted molar refractivity (Wildman–Crippen MR) is 264 cm³/mol. The van der Waals surface area contributed by atoms with Gasteiger partial charge in [-0.2, -0.15) is 13.5 Å². The highest BCUT2D eigenvalue weighted by molar-refractivity contribution is 7.59. The first kappa shape index (κ1) is 47.3. The summed E-state index contributed by atoms with van der Waals surface area (Å²) in [7, 11) is 0. The highest BCUT2D eigenvalue weighted by Gasteiger charge is 2.55. The summed E-state index contributed by atoms with van der Waals surface area (Å²) < 4.78 is 25.0. The van der Waals surface area contributed by atoms with Gasteiger partial charge in [0.1, 0.15) is 46.6 Å². The number of ketones is 2. The van der Waals surface area contributed by atoms with Gasteiger partial charge in [-0.05, 0) is 110 Å². The zero-order valence-corrected chi connectivity index (χ0v) is 40.3. The number of aliphatic imine (C=N–C) groups is 1. The summed E-state index contributed by atoms with van der Waals surface area (Å²) in [5, 5.41) is 14.0. The Morgan fingerprint density at radius 2 is 1.56 bits per heavy atom. The zero-order chi connectivity index (χ0) is 45.1. The Morgan fingerprint density at radius 1 is 0.864 bits per heavy atom. The average Bonchev–Trinajstić information content (AvgIpc) is 3.89. The van der Waals surface area contributed by atoms with Crippen molar-refractivity contribution in [3.8, 4) is 21.9 Å². The van der Waals surface area contributed by atoms with Crippen molar-refractivity contribution in [2.75, 3.05) is 58.1 Å². The van der Waals surface area contributed by atoms with Gasteiger partial charge < -0.3 is 24.3 Å². The van der Waals surface area contributed by atoms with E-state index in [4.69, 9.17) is 35.5 Å².